The van der Waals surface area contributed by atoms with Crippen LogP contribution in [-0.4, -0.2) is 42.4 Å². The Balaban J connectivity index is 2.97. The number of nitrogens with zero attached hydrogens (tertiary/aromatic N) is 1. The molecule has 30 heavy (non-hydrogen) atoms. The van der Waals surface area contributed by atoms with Gasteiger partial charge in [-0.3, -0.25) is 9.59 Å². The molecule has 1 aliphatic carbocycles. The van der Waals surface area contributed by atoms with Gasteiger partial charge in [0, 0.05) is 19.5 Å². The largest absolute Gasteiger partial charge is 0.464 e. The average Bonchev–Trinajstić information content (AvgIpc) is 2.78. The van der Waals surface area contributed by atoms with Gasteiger partial charge in [0.05, 0.1) is 16.7 Å². The minimum atomic E-state index is -0.710. The van der Waals surface area contributed by atoms with Crippen LogP contribution in [0.3, 0.4) is 0 Å². The van der Waals surface area contributed by atoms with Gasteiger partial charge in [0.15, 0.2) is 0 Å². The van der Waals surface area contributed by atoms with Crippen molar-refractivity contribution in [1.29, 1.82) is 0 Å². The molecule has 1 amide bonds. The number of hydrogen-bond donors (Lipinski definition) is 0. The number of esters is 1. The van der Waals surface area contributed by atoms with E-state index in [0.29, 0.717) is 13.0 Å². The standard InChI is InChI=1S/C25H42ClNO3/c1-15-16(2)18(4)25(10,17(15)3)14-30-22(29)19(5)23(6,7)13-20(24(8,9)26)21(28)27(11)12/h19-20H,13-14H2,1-12H3. The molecule has 2 atom stereocenters. The second kappa shape index (κ2) is 9.06. The molecule has 0 radical (unpaired) electrons. The van der Waals surface area contributed by atoms with E-state index in [0.717, 1.165) is 0 Å². The Kier molecular flexibility index (Phi) is 8.08. The van der Waals surface area contributed by atoms with Gasteiger partial charge >= 0.3 is 5.97 Å². The maximum atomic E-state index is 13.0. The van der Waals surface area contributed by atoms with Crippen LogP contribution in [0.4, 0.5) is 0 Å². The molecule has 0 aromatic heterocycles. The van der Waals surface area contributed by atoms with Crippen LogP contribution < -0.4 is 0 Å². The summed E-state index contributed by atoms with van der Waals surface area (Å²) in [6, 6.07) is 0. The molecule has 1 aliphatic rings. The Morgan fingerprint density at radius 2 is 1.47 bits per heavy atom. The van der Waals surface area contributed by atoms with Crippen molar-refractivity contribution in [2.75, 3.05) is 20.7 Å². The quantitative estimate of drug-likeness (QED) is 0.344. The fraction of sp³-hybridized carbons (Fsp3) is 0.760. The van der Waals surface area contributed by atoms with Crippen LogP contribution in [0.5, 0.6) is 0 Å². The van der Waals surface area contributed by atoms with Gasteiger partial charge in [0.25, 0.3) is 0 Å². The first-order valence-electron chi connectivity index (χ1n) is 10.8. The van der Waals surface area contributed by atoms with Crippen LogP contribution >= 0.6 is 11.6 Å². The van der Waals surface area contributed by atoms with Crippen molar-refractivity contribution in [3.05, 3.63) is 22.3 Å². The molecule has 0 fully saturated rings. The maximum absolute atomic E-state index is 13.0. The van der Waals surface area contributed by atoms with Crippen molar-refractivity contribution in [3.8, 4) is 0 Å². The highest BCUT2D eigenvalue weighted by atomic mass is 35.5. The molecule has 0 aromatic rings. The molecule has 0 saturated carbocycles. The van der Waals surface area contributed by atoms with Crippen molar-refractivity contribution in [2.45, 2.75) is 80.5 Å². The van der Waals surface area contributed by atoms with E-state index in [1.807, 2.05) is 34.6 Å². The number of carbonyl (C=O) groups is 2. The second-order valence-corrected chi connectivity index (χ2v) is 11.7. The Morgan fingerprint density at radius 3 is 1.83 bits per heavy atom. The smallest absolute Gasteiger partial charge is 0.309 e. The SMILES string of the molecule is CC1=C(C)C(C)(COC(=O)C(C)C(C)(C)CC(C(=O)N(C)C)C(C)(C)Cl)C(C)=C1C. The summed E-state index contributed by atoms with van der Waals surface area (Å²) in [5, 5.41) is 0. The summed E-state index contributed by atoms with van der Waals surface area (Å²) < 4.78 is 5.85. The highest BCUT2D eigenvalue weighted by Crippen LogP contribution is 2.47. The van der Waals surface area contributed by atoms with Crippen molar-refractivity contribution in [3.63, 3.8) is 0 Å². The predicted octanol–water partition coefficient (Wildman–Crippen LogP) is 6.00. The summed E-state index contributed by atoms with van der Waals surface area (Å²) in [5.41, 5.74) is 4.39. The van der Waals surface area contributed by atoms with E-state index in [9.17, 15) is 9.59 Å². The second-order valence-electron chi connectivity index (χ2n) is 10.7. The first-order valence-corrected chi connectivity index (χ1v) is 11.2. The molecule has 0 heterocycles. The Labute approximate surface area is 189 Å². The molecule has 172 valence electrons. The summed E-state index contributed by atoms with van der Waals surface area (Å²) in [4.78, 5) is 26.6. The lowest BCUT2D eigenvalue weighted by atomic mass is 9.70. The highest BCUT2D eigenvalue weighted by Gasteiger charge is 2.43. The Bertz CT molecular complexity index is 729. The van der Waals surface area contributed by atoms with Crippen LogP contribution in [0, 0.1) is 22.7 Å². The monoisotopic (exact) mass is 439 g/mol. The number of ether oxygens (including phenoxy) is 1. The molecule has 0 saturated heterocycles. The first kappa shape index (κ1) is 26.7. The third-order valence-electron chi connectivity index (χ3n) is 7.67. The van der Waals surface area contributed by atoms with E-state index in [1.165, 1.54) is 22.3 Å². The van der Waals surface area contributed by atoms with E-state index in [-0.39, 0.29) is 23.2 Å². The molecular weight excluding hydrogens is 398 g/mol. The molecule has 2 unspecified atom stereocenters. The number of carbonyl (C=O) groups excluding carboxylic acids is 2. The van der Waals surface area contributed by atoms with Crippen molar-refractivity contribution >= 4 is 23.5 Å². The fourth-order valence-electron chi connectivity index (χ4n) is 4.19. The van der Waals surface area contributed by atoms with Gasteiger partial charge in [-0.2, -0.15) is 0 Å². The highest BCUT2D eigenvalue weighted by molar-refractivity contribution is 6.25. The van der Waals surface area contributed by atoms with Gasteiger partial charge in [0.1, 0.15) is 6.61 Å². The fourth-order valence-corrected chi connectivity index (χ4v) is 4.36. The number of amides is 1. The molecule has 4 nitrogen and oxygen atoms in total. The Morgan fingerprint density at radius 1 is 1.03 bits per heavy atom. The van der Waals surface area contributed by atoms with Gasteiger partial charge < -0.3 is 9.64 Å². The van der Waals surface area contributed by atoms with Gasteiger partial charge in [-0.1, -0.05) is 31.9 Å². The third kappa shape index (κ3) is 5.30. The minimum absolute atomic E-state index is 0.0189. The number of alkyl halides is 1. The molecule has 0 aliphatic heterocycles. The molecule has 0 aromatic carbocycles. The van der Waals surface area contributed by atoms with Gasteiger partial charge in [-0.15, -0.1) is 11.6 Å². The van der Waals surface area contributed by atoms with E-state index < -0.39 is 16.2 Å². The predicted molar refractivity (Wildman–Crippen MR) is 125 cm³/mol. The number of hydrogen-bond acceptors (Lipinski definition) is 3. The maximum Gasteiger partial charge on any atom is 0.309 e. The zero-order chi connectivity index (χ0) is 23.8. The van der Waals surface area contributed by atoms with Gasteiger partial charge in [0.2, 0.25) is 5.91 Å². The molecule has 0 spiro atoms. The molecule has 1 rings (SSSR count). The van der Waals surface area contributed by atoms with Crippen LogP contribution in [0.1, 0.15) is 75.7 Å². The lowest BCUT2D eigenvalue weighted by Crippen LogP contribution is -2.44. The van der Waals surface area contributed by atoms with E-state index in [2.05, 4.69) is 34.6 Å². The topological polar surface area (TPSA) is 46.6 Å². The van der Waals surface area contributed by atoms with E-state index >= 15 is 0 Å². The average molecular weight is 440 g/mol. The summed E-state index contributed by atoms with van der Waals surface area (Å²) >= 11 is 6.58. The molecule has 0 bridgehead atoms. The minimum Gasteiger partial charge on any atom is -0.464 e. The number of rotatable bonds is 8. The zero-order valence-electron chi connectivity index (χ0n) is 21.1. The first-order chi connectivity index (χ1) is 13.4. The number of halogens is 1. The van der Waals surface area contributed by atoms with Gasteiger partial charge in [-0.05, 0) is 71.4 Å². The van der Waals surface area contributed by atoms with Crippen molar-refractivity contribution < 1.29 is 14.3 Å². The summed E-state index contributed by atoms with van der Waals surface area (Å²) in [6.07, 6.45) is 0.504. The van der Waals surface area contributed by atoms with Crippen LogP contribution in [-0.2, 0) is 14.3 Å². The lowest BCUT2D eigenvalue weighted by Gasteiger charge is -2.39. The van der Waals surface area contributed by atoms with Gasteiger partial charge in [-0.25, -0.2) is 0 Å². The summed E-state index contributed by atoms with van der Waals surface area (Å²) in [6.45, 7) is 20.6. The zero-order valence-corrected chi connectivity index (χ0v) is 21.9. The van der Waals surface area contributed by atoms with Crippen molar-refractivity contribution in [1.82, 2.24) is 4.90 Å². The Hall–Kier alpha value is -1.29. The molecular formula is C25H42ClNO3. The van der Waals surface area contributed by atoms with Crippen LogP contribution in [0.15, 0.2) is 22.3 Å². The van der Waals surface area contributed by atoms with E-state index in [4.69, 9.17) is 16.3 Å². The molecule has 5 heteroatoms. The van der Waals surface area contributed by atoms with E-state index in [1.54, 1.807) is 19.0 Å². The number of allylic oxidation sites excluding steroid dienone is 2. The normalized spacial score (nSPS) is 19.1. The summed E-state index contributed by atoms with van der Waals surface area (Å²) in [5.74, 6) is -1.01. The molecule has 0 N–H and O–H groups in total. The van der Waals surface area contributed by atoms with Crippen LogP contribution in [0.25, 0.3) is 0 Å². The van der Waals surface area contributed by atoms with Crippen LogP contribution in [0.2, 0.25) is 0 Å². The van der Waals surface area contributed by atoms with Crippen molar-refractivity contribution in [2.24, 2.45) is 22.7 Å². The summed E-state index contributed by atoms with van der Waals surface area (Å²) in [7, 11) is 3.47. The lowest BCUT2D eigenvalue weighted by molar-refractivity contribution is -0.155. The third-order valence-corrected chi connectivity index (χ3v) is 7.93.